The zero-order valence-corrected chi connectivity index (χ0v) is 14.8. The highest BCUT2D eigenvalue weighted by atomic mass is 31.2. The zero-order valence-electron chi connectivity index (χ0n) is 13.9. The monoisotopic (exact) mass is 313 g/mol. The molecule has 6 nitrogen and oxygen atoms in total. The van der Waals surface area contributed by atoms with Crippen LogP contribution < -0.4 is 10.1 Å². The molecule has 21 heavy (non-hydrogen) atoms. The van der Waals surface area contributed by atoms with Crippen LogP contribution in [0.5, 0.6) is 5.75 Å². The Labute approximate surface area is 127 Å². The fourth-order valence-electron chi connectivity index (χ4n) is 1.99. The van der Waals surface area contributed by atoms with Crippen LogP contribution in [0.2, 0.25) is 0 Å². The molecule has 1 aromatic carbocycles. The molecule has 118 valence electrons. The summed E-state index contributed by atoms with van der Waals surface area (Å²) < 4.78 is 23.9. The summed E-state index contributed by atoms with van der Waals surface area (Å²) in [4.78, 5) is 0. The third kappa shape index (κ3) is 3.84. The van der Waals surface area contributed by atoms with E-state index >= 15 is 0 Å². The van der Waals surface area contributed by atoms with Gasteiger partial charge < -0.3 is 4.74 Å². The van der Waals surface area contributed by atoms with Gasteiger partial charge >= 0.3 is 13.0 Å². The maximum Gasteiger partial charge on any atom is 0.338 e. The van der Waals surface area contributed by atoms with Gasteiger partial charge in [-0.1, -0.05) is 0 Å². The smallest absolute Gasteiger partial charge is 0.338 e. The number of nitrogens with one attached hydrogen (secondary N) is 1. The van der Waals surface area contributed by atoms with E-state index in [0.717, 1.165) is 11.4 Å². The van der Waals surface area contributed by atoms with E-state index in [-0.39, 0.29) is 0 Å². The maximum absolute atomic E-state index is 13.4. The van der Waals surface area contributed by atoms with E-state index in [4.69, 9.17) is 4.74 Å². The van der Waals surface area contributed by atoms with Crippen molar-refractivity contribution in [3.05, 3.63) is 24.3 Å². The first-order chi connectivity index (χ1) is 9.73. The van der Waals surface area contributed by atoms with Crippen molar-refractivity contribution in [3.8, 4) is 5.75 Å². The van der Waals surface area contributed by atoms with Crippen LogP contribution in [0.3, 0.4) is 0 Å². The van der Waals surface area contributed by atoms with E-state index < -0.39 is 7.44 Å². The first-order valence-electron chi connectivity index (χ1n) is 6.65. The molecule has 0 radical (unpaired) electrons. The Morgan fingerprint density at radius 2 is 1.57 bits per heavy atom. The molecule has 0 saturated heterocycles. The highest BCUT2D eigenvalue weighted by Gasteiger charge is 2.41. The van der Waals surface area contributed by atoms with Gasteiger partial charge in [0.1, 0.15) is 11.4 Å². The van der Waals surface area contributed by atoms with Crippen molar-refractivity contribution < 1.29 is 13.9 Å². The van der Waals surface area contributed by atoms with Gasteiger partial charge in [0, 0.05) is 0 Å². The molecule has 0 fully saturated rings. The van der Waals surface area contributed by atoms with Crippen molar-refractivity contribution in [2.45, 2.75) is 0 Å². The molecule has 0 spiro atoms. The molecule has 0 unspecified atom stereocenters. The standard InChI is InChI=1S/C14H25N4O2P/c1-16(2)14(21(19,17(3)4)18(5)6)15-12-8-10-13(20-7)11-9-12/h8-11H,1-7H3/p+1. The van der Waals surface area contributed by atoms with E-state index in [2.05, 4.69) is 5.32 Å². The Morgan fingerprint density at radius 1 is 1.10 bits per heavy atom. The number of benzene rings is 1. The second kappa shape index (κ2) is 7.07. The Bertz CT molecular complexity index is 537. The van der Waals surface area contributed by atoms with Crippen LogP contribution in [0.25, 0.3) is 0 Å². The predicted molar refractivity (Wildman–Crippen MR) is 88.7 cm³/mol. The number of anilines is 1. The van der Waals surface area contributed by atoms with Crippen LogP contribution in [-0.4, -0.2) is 68.9 Å². The van der Waals surface area contributed by atoms with E-state index in [1.807, 2.05) is 71.1 Å². The summed E-state index contributed by atoms with van der Waals surface area (Å²) in [7, 11) is 9.82. The van der Waals surface area contributed by atoms with Crippen molar-refractivity contribution in [2.75, 3.05) is 54.7 Å². The molecule has 1 aromatic rings. The first kappa shape index (κ1) is 17.7. The van der Waals surface area contributed by atoms with Crippen LogP contribution in [0.1, 0.15) is 0 Å². The lowest BCUT2D eigenvalue weighted by molar-refractivity contribution is -0.462. The van der Waals surface area contributed by atoms with Crippen molar-refractivity contribution in [1.29, 1.82) is 0 Å². The van der Waals surface area contributed by atoms with Gasteiger partial charge in [-0.15, -0.1) is 0 Å². The Morgan fingerprint density at radius 3 is 1.90 bits per heavy atom. The summed E-state index contributed by atoms with van der Waals surface area (Å²) in [6, 6.07) is 7.54. The maximum atomic E-state index is 13.4. The lowest BCUT2D eigenvalue weighted by Crippen LogP contribution is -2.34. The van der Waals surface area contributed by atoms with Gasteiger partial charge in [-0.2, -0.15) is 0 Å². The Balaban J connectivity index is 3.19. The van der Waals surface area contributed by atoms with Gasteiger partial charge in [-0.3, -0.25) is 9.14 Å². The van der Waals surface area contributed by atoms with Crippen molar-refractivity contribution in [3.63, 3.8) is 0 Å². The number of nitrogens with zero attached hydrogens (tertiary/aromatic N) is 3. The zero-order chi connectivity index (χ0) is 16.2. The van der Waals surface area contributed by atoms with Gasteiger partial charge in [0.15, 0.2) is 0 Å². The summed E-state index contributed by atoms with van der Waals surface area (Å²) >= 11 is 0. The Kier molecular flexibility index (Phi) is 5.96. The molecule has 0 aliphatic heterocycles. The second-order valence-corrected chi connectivity index (χ2v) is 8.42. The largest absolute Gasteiger partial charge is 0.497 e. The number of hydrogen-bond acceptors (Lipinski definition) is 2. The molecule has 0 amide bonds. The summed E-state index contributed by atoms with van der Waals surface area (Å²) in [6.45, 7) is 0. The van der Waals surface area contributed by atoms with Crippen molar-refractivity contribution in [2.24, 2.45) is 0 Å². The van der Waals surface area contributed by atoms with Crippen LogP contribution in [0, 0.1) is 0 Å². The number of ether oxygens (including phenoxy) is 1. The fraction of sp³-hybridized carbons (Fsp3) is 0.500. The topological polar surface area (TPSA) is 47.8 Å². The lowest BCUT2D eigenvalue weighted by atomic mass is 10.3. The van der Waals surface area contributed by atoms with Crippen LogP contribution >= 0.6 is 7.44 Å². The summed E-state index contributed by atoms with van der Waals surface area (Å²) in [5.41, 5.74) is 1.52. The van der Waals surface area contributed by atoms with Gasteiger partial charge in [-0.25, -0.2) is 14.7 Å². The highest BCUT2D eigenvalue weighted by molar-refractivity contribution is 7.76. The average Bonchev–Trinajstić information content (AvgIpc) is 2.43. The third-order valence-corrected chi connectivity index (χ3v) is 6.36. The minimum absolute atomic E-state index is 0.655. The number of rotatable bonds is 5. The first-order valence-corrected chi connectivity index (χ1v) is 8.26. The van der Waals surface area contributed by atoms with Gasteiger partial charge in [0.05, 0.1) is 21.2 Å². The number of hydrogen-bond donors (Lipinski definition) is 1. The van der Waals surface area contributed by atoms with Gasteiger partial charge in [-0.05, 0) is 52.5 Å². The highest BCUT2D eigenvalue weighted by Crippen LogP contribution is 2.50. The molecule has 0 aliphatic rings. The molecule has 0 bridgehead atoms. The summed E-state index contributed by atoms with van der Waals surface area (Å²) in [6.07, 6.45) is 0. The minimum atomic E-state index is -2.85. The number of methoxy groups -OCH3 is 1. The molecule has 0 aliphatic carbocycles. The van der Waals surface area contributed by atoms with Crippen LogP contribution in [0.4, 0.5) is 5.69 Å². The van der Waals surface area contributed by atoms with Crippen molar-refractivity contribution in [1.82, 2.24) is 9.34 Å². The molecule has 7 heteroatoms. The van der Waals surface area contributed by atoms with Crippen LogP contribution in [-0.2, 0) is 4.57 Å². The van der Waals surface area contributed by atoms with Crippen LogP contribution in [0.15, 0.2) is 24.3 Å². The summed E-state index contributed by atoms with van der Waals surface area (Å²) in [5.74, 6) is 0.787. The SMILES string of the molecule is COc1ccc(NC(=[N+](C)C)P(=O)(N(C)C)N(C)C)cc1. The van der Waals surface area contributed by atoms with E-state index in [1.54, 1.807) is 16.5 Å². The van der Waals surface area contributed by atoms with Gasteiger partial charge in [0.2, 0.25) is 0 Å². The molecule has 0 saturated carbocycles. The van der Waals surface area contributed by atoms with Crippen molar-refractivity contribution >= 4 is 18.7 Å². The molecule has 0 aromatic heterocycles. The number of amidine groups is 1. The molecule has 1 rings (SSSR count). The molecule has 0 atom stereocenters. The lowest BCUT2D eigenvalue weighted by Gasteiger charge is -2.29. The van der Waals surface area contributed by atoms with E-state index in [1.165, 1.54) is 0 Å². The molecule has 0 heterocycles. The normalized spacial score (nSPS) is 11.7. The summed E-state index contributed by atoms with van der Waals surface area (Å²) in [5, 5.41) is 3.27. The minimum Gasteiger partial charge on any atom is -0.497 e. The third-order valence-electron chi connectivity index (χ3n) is 3.13. The van der Waals surface area contributed by atoms with E-state index in [0.29, 0.717) is 5.58 Å². The quantitative estimate of drug-likeness (QED) is 0.390. The van der Waals surface area contributed by atoms with E-state index in [9.17, 15) is 4.57 Å². The predicted octanol–water partition coefficient (Wildman–Crippen LogP) is 2.05. The van der Waals surface area contributed by atoms with Gasteiger partial charge in [0.25, 0.3) is 0 Å². The molecule has 1 N–H and O–H groups in total. The fourth-order valence-corrected chi connectivity index (χ4v) is 4.25. The molecular formula is C14H26N4O2P+. The Hall–Kier alpha value is -1.36. The average molecular weight is 313 g/mol. The second-order valence-electron chi connectivity index (χ2n) is 5.31. The molecular weight excluding hydrogens is 287 g/mol.